The van der Waals surface area contributed by atoms with Crippen LogP contribution < -0.4 is 33.2 Å². The fourth-order valence-electron chi connectivity index (χ4n) is 5.50. The number of amides is 1. The summed E-state index contributed by atoms with van der Waals surface area (Å²) in [5, 5.41) is 60.4. The molecule has 234 valence electrons. The third-order valence-corrected chi connectivity index (χ3v) is 7.75. The van der Waals surface area contributed by atoms with E-state index in [2.05, 4.69) is 16.0 Å². The summed E-state index contributed by atoms with van der Waals surface area (Å²) in [6, 6.07) is -3.03. The summed E-state index contributed by atoms with van der Waals surface area (Å²) in [7, 11) is 1.57. The molecule has 14 N–H and O–H groups in total. The summed E-state index contributed by atoms with van der Waals surface area (Å²) >= 11 is 0. The molecule has 1 amide bonds. The lowest BCUT2D eigenvalue weighted by Gasteiger charge is -2.49. The molecule has 2 heterocycles. The quantitative estimate of drug-likeness (QED) is 0.0959. The molecule has 3 aliphatic rings. The molecule has 0 aromatic carbocycles. The Morgan fingerprint density at radius 2 is 1.82 bits per heavy atom. The van der Waals surface area contributed by atoms with E-state index in [0.29, 0.717) is 25.9 Å². The monoisotopic (exact) mass is 580 g/mol. The first-order valence-electron chi connectivity index (χ1n) is 13.8. The molecule has 13 unspecified atom stereocenters. The highest BCUT2D eigenvalue weighted by Crippen LogP contribution is 2.32. The molecule has 16 nitrogen and oxygen atoms in total. The van der Waals surface area contributed by atoms with Gasteiger partial charge in [0, 0.05) is 25.7 Å². The molecule has 13 atom stereocenters. The molecular formula is C24H48N6O10. The Balaban J connectivity index is 1.78. The number of nitrogens with one attached hydrogen (secondary N) is 3. The molecule has 40 heavy (non-hydrogen) atoms. The van der Waals surface area contributed by atoms with Gasteiger partial charge >= 0.3 is 0 Å². The van der Waals surface area contributed by atoms with Crippen molar-refractivity contribution in [2.75, 3.05) is 39.9 Å². The molecule has 0 aromatic rings. The highest BCUT2D eigenvalue weighted by Gasteiger charge is 2.52. The Kier molecular flexibility index (Phi) is 12.4. The number of ether oxygens (including phenoxy) is 4. The highest BCUT2D eigenvalue weighted by molar-refractivity contribution is 5.81. The predicted molar refractivity (Wildman–Crippen MR) is 140 cm³/mol. The topological polar surface area (TPSA) is 269 Å². The fourth-order valence-corrected chi connectivity index (χ4v) is 5.50. The first kappa shape index (κ1) is 33.4. The van der Waals surface area contributed by atoms with Crippen molar-refractivity contribution in [3.05, 3.63) is 0 Å². The van der Waals surface area contributed by atoms with E-state index in [-0.39, 0.29) is 32.3 Å². The van der Waals surface area contributed by atoms with Gasteiger partial charge in [0.15, 0.2) is 12.6 Å². The number of rotatable bonds is 12. The molecule has 3 fully saturated rings. The Hall–Kier alpha value is -1.09. The zero-order valence-corrected chi connectivity index (χ0v) is 23.1. The predicted octanol–water partition coefficient (Wildman–Crippen LogP) is -5.88. The number of carbonyl (C=O) groups excluding carboxylic acids is 1. The summed E-state index contributed by atoms with van der Waals surface area (Å²) in [5.74, 6) is -0.781. The molecule has 0 radical (unpaired) electrons. The molecule has 0 spiro atoms. The first-order valence-corrected chi connectivity index (χ1v) is 13.8. The lowest BCUT2D eigenvalue weighted by Crippen LogP contribution is -2.69. The number of aliphatic hydroxyl groups excluding tert-OH is 4. The van der Waals surface area contributed by atoms with Gasteiger partial charge in [-0.3, -0.25) is 4.79 Å². The highest BCUT2D eigenvalue weighted by atomic mass is 16.7. The van der Waals surface area contributed by atoms with Crippen molar-refractivity contribution in [2.45, 2.75) is 105 Å². The van der Waals surface area contributed by atoms with Crippen LogP contribution in [0.1, 0.15) is 26.2 Å². The zero-order valence-electron chi connectivity index (χ0n) is 23.1. The van der Waals surface area contributed by atoms with Crippen LogP contribution >= 0.6 is 0 Å². The molecule has 2 aliphatic heterocycles. The maximum absolute atomic E-state index is 12.5. The van der Waals surface area contributed by atoms with Gasteiger partial charge in [-0.25, -0.2) is 0 Å². The minimum atomic E-state index is -1.49. The Bertz CT molecular complexity index is 799. The van der Waals surface area contributed by atoms with Crippen molar-refractivity contribution in [3.63, 3.8) is 0 Å². The van der Waals surface area contributed by atoms with Crippen LogP contribution in [0.3, 0.4) is 0 Å². The molecule has 16 heteroatoms. The fraction of sp³-hybridized carbons (Fsp3) is 0.958. The van der Waals surface area contributed by atoms with Crippen molar-refractivity contribution in [2.24, 2.45) is 17.2 Å². The Morgan fingerprint density at radius 1 is 1.12 bits per heavy atom. The summed E-state index contributed by atoms with van der Waals surface area (Å²) in [6.45, 7) is 1.88. The lowest BCUT2D eigenvalue weighted by atomic mass is 9.83. The van der Waals surface area contributed by atoms with Crippen LogP contribution in [0.2, 0.25) is 0 Å². The van der Waals surface area contributed by atoms with E-state index in [4.69, 9.17) is 41.3 Å². The molecule has 1 saturated carbocycles. The molecule has 2 saturated heterocycles. The minimum Gasteiger partial charge on any atom is -0.395 e. The van der Waals surface area contributed by atoms with Crippen LogP contribution in [-0.2, 0) is 23.7 Å². The van der Waals surface area contributed by atoms with Crippen molar-refractivity contribution in [3.8, 4) is 0 Å². The van der Waals surface area contributed by atoms with E-state index in [1.54, 1.807) is 7.05 Å². The SMILES string of the molecule is CNC1C(O)C(OC2C(NC(=O)C(O)CN)CC(N)C(OC3OC(CNCCO)CCC3N)C2O)OCC1(C)O. The normalized spacial score (nSPS) is 43.3. The van der Waals surface area contributed by atoms with Gasteiger partial charge in [-0.2, -0.15) is 0 Å². The van der Waals surface area contributed by atoms with E-state index in [0.717, 1.165) is 0 Å². The van der Waals surface area contributed by atoms with Gasteiger partial charge in [-0.05, 0) is 33.2 Å². The van der Waals surface area contributed by atoms with E-state index in [1.807, 2.05) is 0 Å². The zero-order chi connectivity index (χ0) is 29.6. The molecule has 3 rings (SSSR count). The average Bonchev–Trinajstić information content (AvgIpc) is 2.91. The maximum Gasteiger partial charge on any atom is 0.250 e. The van der Waals surface area contributed by atoms with Gasteiger partial charge in [0.2, 0.25) is 5.91 Å². The van der Waals surface area contributed by atoms with Crippen LogP contribution in [0.15, 0.2) is 0 Å². The van der Waals surface area contributed by atoms with Crippen molar-refractivity contribution >= 4 is 5.91 Å². The van der Waals surface area contributed by atoms with Crippen LogP contribution in [-0.4, -0.2) is 150 Å². The number of likely N-dealkylation sites (N-methyl/N-ethyl adjacent to an activating group) is 1. The second-order valence-corrected chi connectivity index (χ2v) is 11.0. The second-order valence-electron chi connectivity index (χ2n) is 11.0. The van der Waals surface area contributed by atoms with Crippen LogP contribution in [0.25, 0.3) is 0 Å². The van der Waals surface area contributed by atoms with Gasteiger partial charge in [0.05, 0.1) is 37.4 Å². The third-order valence-electron chi connectivity index (χ3n) is 7.75. The van der Waals surface area contributed by atoms with E-state index in [1.165, 1.54) is 6.92 Å². The van der Waals surface area contributed by atoms with Gasteiger partial charge in [-0.1, -0.05) is 0 Å². The van der Waals surface area contributed by atoms with Gasteiger partial charge in [-0.15, -0.1) is 0 Å². The summed E-state index contributed by atoms with van der Waals surface area (Å²) < 4.78 is 23.8. The molecule has 0 bridgehead atoms. The molecule has 0 aromatic heterocycles. The summed E-state index contributed by atoms with van der Waals surface area (Å²) in [5.41, 5.74) is 16.7. The Morgan fingerprint density at radius 3 is 2.48 bits per heavy atom. The van der Waals surface area contributed by atoms with Crippen LogP contribution in [0.4, 0.5) is 0 Å². The van der Waals surface area contributed by atoms with Crippen LogP contribution in [0, 0.1) is 0 Å². The largest absolute Gasteiger partial charge is 0.395 e. The summed E-state index contributed by atoms with van der Waals surface area (Å²) in [6.07, 6.45) is -7.62. The van der Waals surface area contributed by atoms with E-state index >= 15 is 0 Å². The summed E-state index contributed by atoms with van der Waals surface area (Å²) in [4.78, 5) is 12.5. The molecular weight excluding hydrogens is 532 g/mol. The Labute approximate surface area is 233 Å². The average molecular weight is 581 g/mol. The van der Waals surface area contributed by atoms with Crippen molar-refractivity contribution < 1.29 is 49.3 Å². The van der Waals surface area contributed by atoms with Crippen molar-refractivity contribution in [1.29, 1.82) is 0 Å². The number of carbonyl (C=O) groups is 1. The van der Waals surface area contributed by atoms with Gasteiger partial charge in [0.1, 0.15) is 36.1 Å². The minimum absolute atomic E-state index is 0.0112. The van der Waals surface area contributed by atoms with Crippen LogP contribution in [0.5, 0.6) is 0 Å². The van der Waals surface area contributed by atoms with E-state index in [9.17, 15) is 25.2 Å². The number of nitrogens with two attached hydrogens (primary N) is 3. The molecule has 1 aliphatic carbocycles. The number of hydrogen-bond acceptors (Lipinski definition) is 15. The maximum atomic E-state index is 12.5. The number of aliphatic hydroxyl groups is 5. The lowest BCUT2D eigenvalue weighted by molar-refractivity contribution is -0.307. The van der Waals surface area contributed by atoms with E-state index < -0.39 is 78.8 Å². The second kappa shape index (κ2) is 14.9. The van der Waals surface area contributed by atoms with Gasteiger partial charge in [0.25, 0.3) is 0 Å². The smallest absolute Gasteiger partial charge is 0.250 e. The van der Waals surface area contributed by atoms with Gasteiger partial charge < -0.3 is 77.6 Å². The standard InChI is InChI=1S/C24H48N6O10/c1-24(36)10-37-23(17(34)20(24)28-2)40-19-14(30-21(35)15(32)8-25)7-13(27)18(16(19)33)39-22-12(26)4-3-11(38-22)9-29-5-6-31/h11-20,22-23,28-29,31-34,36H,3-10,25-27H2,1-2H3,(H,30,35). The first-order chi connectivity index (χ1) is 18.9. The number of hydrogen-bond donors (Lipinski definition) is 11. The van der Waals surface area contributed by atoms with Crippen molar-refractivity contribution in [1.82, 2.24) is 16.0 Å². The third kappa shape index (κ3) is 8.05.